The molecular formula is C28H36BrN7O3. The molecule has 3 aromatic rings. The topological polar surface area (TPSA) is 125 Å². The number of aliphatic carboxylic acids is 1. The molecule has 4 heterocycles. The Kier molecular flexibility index (Phi) is 10.8. The van der Waals surface area contributed by atoms with Gasteiger partial charge in [0.2, 0.25) is 5.95 Å². The highest BCUT2D eigenvalue weighted by atomic mass is 79.9. The fourth-order valence-corrected chi connectivity index (χ4v) is 4.63. The molecule has 4 rings (SSSR count). The quantitative estimate of drug-likeness (QED) is 0.218. The second-order valence-electron chi connectivity index (χ2n) is 9.67. The number of carbonyl (C=O) groups is 1. The predicted octanol–water partition coefficient (Wildman–Crippen LogP) is 4.35. The van der Waals surface area contributed by atoms with Gasteiger partial charge < -0.3 is 20.5 Å². The summed E-state index contributed by atoms with van der Waals surface area (Å²) in [4.78, 5) is 31.6. The van der Waals surface area contributed by atoms with E-state index in [1.54, 1.807) is 18.6 Å². The average Bonchev–Trinajstić information content (AvgIpc) is 2.94. The summed E-state index contributed by atoms with van der Waals surface area (Å²) in [6.45, 7) is 5.52. The van der Waals surface area contributed by atoms with Crippen molar-refractivity contribution >= 4 is 33.7 Å². The second-order valence-corrected chi connectivity index (χ2v) is 10.6. The molecule has 0 unspecified atom stereocenters. The molecule has 1 atom stereocenters. The van der Waals surface area contributed by atoms with Crippen molar-refractivity contribution in [3.63, 3.8) is 0 Å². The molecule has 0 amide bonds. The summed E-state index contributed by atoms with van der Waals surface area (Å²) < 4.78 is 6.64. The molecule has 0 saturated carbocycles. The van der Waals surface area contributed by atoms with E-state index in [1.165, 1.54) is 5.56 Å². The van der Waals surface area contributed by atoms with Crippen molar-refractivity contribution in [1.29, 1.82) is 0 Å². The van der Waals surface area contributed by atoms with E-state index in [0.717, 1.165) is 72.6 Å². The summed E-state index contributed by atoms with van der Waals surface area (Å²) in [6, 6.07) is 7.37. The number of halogens is 1. The summed E-state index contributed by atoms with van der Waals surface area (Å²) in [5, 5.41) is 16.1. The lowest BCUT2D eigenvalue weighted by molar-refractivity contribution is -0.138. The molecule has 0 aliphatic carbocycles. The third-order valence-corrected chi connectivity index (χ3v) is 7.03. The van der Waals surface area contributed by atoms with Gasteiger partial charge in [0.25, 0.3) is 0 Å². The van der Waals surface area contributed by atoms with Crippen LogP contribution < -0.4 is 15.4 Å². The monoisotopic (exact) mass is 597 g/mol. The van der Waals surface area contributed by atoms with Crippen LogP contribution in [0.3, 0.4) is 0 Å². The molecule has 0 bridgehead atoms. The van der Waals surface area contributed by atoms with Gasteiger partial charge in [-0.3, -0.25) is 9.88 Å². The van der Waals surface area contributed by atoms with E-state index in [2.05, 4.69) is 58.5 Å². The number of aromatic nitrogens is 4. The molecular weight excluding hydrogens is 562 g/mol. The summed E-state index contributed by atoms with van der Waals surface area (Å²) in [5.41, 5.74) is 3.35. The normalized spacial score (nSPS) is 13.4. The van der Waals surface area contributed by atoms with Gasteiger partial charge in [-0.2, -0.15) is 0 Å². The Labute approximate surface area is 237 Å². The van der Waals surface area contributed by atoms with Crippen LogP contribution in [0.5, 0.6) is 5.75 Å². The van der Waals surface area contributed by atoms with E-state index >= 15 is 0 Å². The van der Waals surface area contributed by atoms with Crippen LogP contribution in [0, 0.1) is 6.92 Å². The zero-order chi connectivity index (χ0) is 27.5. The van der Waals surface area contributed by atoms with Crippen molar-refractivity contribution in [3.8, 4) is 5.75 Å². The molecule has 1 aliphatic heterocycles. The van der Waals surface area contributed by atoms with Crippen LogP contribution in [0.4, 0.5) is 11.8 Å². The van der Waals surface area contributed by atoms with Crippen LogP contribution in [0.15, 0.2) is 47.3 Å². The Morgan fingerprint density at radius 3 is 2.74 bits per heavy atom. The molecule has 3 aromatic heterocycles. The fraction of sp³-hybridized carbons (Fsp3) is 0.464. The highest BCUT2D eigenvalue weighted by molar-refractivity contribution is 9.10. The number of hydrogen-bond acceptors (Lipinski definition) is 9. The molecule has 0 saturated heterocycles. The molecule has 1 aliphatic rings. The highest BCUT2D eigenvalue weighted by Gasteiger charge is 2.20. The Morgan fingerprint density at radius 2 is 1.97 bits per heavy atom. The van der Waals surface area contributed by atoms with Gasteiger partial charge in [-0.05, 0) is 91.7 Å². The van der Waals surface area contributed by atoms with Crippen molar-refractivity contribution in [1.82, 2.24) is 24.8 Å². The van der Waals surface area contributed by atoms with E-state index in [9.17, 15) is 9.90 Å². The first-order chi connectivity index (χ1) is 19.0. The molecule has 0 spiro atoms. The summed E-state index contributed by atoms with van der Waals surface area (Å²) in [5.74, 6) is 1.12. The van der Waals surface area contributed by atoms with Crippen molar-refractivity contribution < 1.29 is 14.6 Å². The maximum atomic E-state index is 11.9. The maximum Gasteiger partial charge on any atom is 0.326 e. The summed E-state index contributed by atoms with van der Waals surface area (Å²) >= 11 is 3.30. The number of rotatable bonds is 15. The Balaban J connectivity index is 1.29. The maximum absolute atomic E-state index is 11.9. The standard InChI is InChI=1S/C28H36BrN7O3/c1-20-7-10-24(19-31-20)39-16-15-36(14-11-25(27(37)38)35-28-32-17-22(29)18-33-28)13-3-2-6-23-9-8-21-5-4-12-30-26(21)34-23/h7-10,17-19,25H,2-6,11-16H2,1H3,(H,30,34)(H,37,38)(H,32,33,35)/t25-/m0/s1. The zero-order valence-electron chi connectivity index (χ0n) is 22.3. The first kappa shape index (κ1) is 28.7. The number of aryl methyl sites for hydroxylation is 3. The molecule has 3 N–H and O–H groups in total. The number of nitrogens with zero attached hydrogens (tertiary/aromatic N) is 5. The van der Waals surface area contributed by atoms with E-state index in [1.807, 2.05) is 19.1 Å². The highest BCUT2D eigenvalue weighted by Crippen LogP contribution is 2.20. The SMILES string of the molecule is Cc1ccc(OCCN(CCCCc2ccc3c(n2)NCCC3)CC[C@H](Nc2ncc(Br)cn2)C(=O)O)cn1. The van der Waals surface area contributed by atoms with Crippen LogP contribution in [-0.4, -0.2) is 74.7 Å². The number of carboxylic acids is 1. The number of unbranched alkanes of at least 4 members (excludes halogenated alkanes) is 1. The third kappa shape index (κ3) is 9.43. The minimum Gasteiger partial charge on any atom is -0.491 e. The fourth-order valence-electron chi connectivity index (χ4n) is 4.43. The number of hydrogen-bond donors (Lipinski definition) is 3. The Morgan fingerprint density at radius 1 is 1.13 bits per heavy atom. The van der Waals surface area contributed by atoms with E-state index in [4.69, 9.17) is 9.72 Å². The minimum atomic E-state index is -0.935. The molecule has 0 aromatic carbocycles. The molecule has 11 heteroatoms. The number of fused-ring (bicyclic) bond motifs is 1. The summed E-state index contributed by atoms with van der Waals surface area (Å²) in [6.07, 6.45) is 10.4. The molecule has 39 heavy (non-hydrogen) atoms. The summed E-state index contributed by atoms with van der Waals surface area (Å²) in [7, 11) is 0. The van der Waals surface area contributed by atoms with Crippen LogP contribution >= 0.6 is 15.9 Å². The minimum absolute atomic E-state index is 0.291. The number of anilines is 2. The van der Waals surface area contributed by atoms with Gasteiger partial charge in [0.1, 0.15) is 24.2 Å². The largest absolute Gasteiger partial charge is 0.491 e. The van der Waals surface area contributed by atoms with Gasteiger partial charge in [0, 0.05) is 43.4 Å². The molecule has 208 valence electrons. The smallest absolute Gasteiger partial charge is 0.326 e. The van der Waals surface area contributed by atoms with Crippen LogP contribution in [0.2, 0.25) is 0 Å². The molecule has 0 radical (unpaired) electrons. The van der Waals surface area contributed by atoms with Gasteiger partial charge in [-0.1, -0.05) is 6.07 Å². The predicted molar refractivity (Wildman–Crippen MR) is 154 cm³/mol. The molecule has 10 nitrogen and oxygen atoms in total. The number of nitrogens with one attached hydrogen (secondary N) is 2. The van der Waals surface area contributed by atoms with Crippen molar-refractivity contribution in [2.24, 2.45) is 0 Å². The average molecular weight is 599 g/mol. The van der Waals surface area contributed by atoms with E-state index in [-0.39, 0.29) is 0 Å². The van der Waals surface area contributed by atoms with Gasteiger partial charge >= 0.3 is 5.97 Å². The van der Waals surface area contributed by atoms with Crippen LogP contribution in [-0.2, 0) is 17.6 Å². The third-order valence-electron chi connectivity index (χ3n) is 6.63. The lowest BCUT2D eigenvalue weighted by Gasteiger charge is -2.24. The first-order valence-corrected chi connectivity index (χ1v) is 14.2. The Hall–Kier alpha value is -3.31. The van der Waals surface area contributed by atoms with Crippen LogP contribution in [0.25, 0.3) is 0 Å². The van der Waals surface area contributed by atoms with Gasteiger partial charge in [0.05, 0.1) is 10.7 Å². The van der Waals surface area contributed by atoms with Crippen molar-refractivity contribution in [2.45, 2.75) is 51.5 Å². The number of carboxylic acid groups (broad SMARTS) is 1. The zero-order valence-corrected chi connectivity index (χ0v) is 23.9. The lowest BCUT2D eigenvalue weighted by Crippen LogP contribution is -2.37. The lowest BCUT2D eigenvalue weighted by atomic mass is 10.1. The van der Waals surface area contributed by atoms with Crippen molar-refractivity contribution in [2.75, 3.05) is 43.4 Å². The number of pyridine rings is 2. The van der Waals surface area contributed by atoms with Crippen molar-refractivity contribution in [3.05, 3.63) is 64.3 Å². The van der Waals surface area contributed by atoms with E-state index < -0.39 is 12.0 Å². The van der Waals surface area contributed by atoms with E-state index in [0.29, 0.717) is 32.1 Å². The van der Waals surface area contributed by atoms with Gasteiger partial charge in [-0.15, -0.1) is 0 Å². The first-order valence-electron chi connectivity index (χ1n) is 13.4. The van der Waals surface area contributed by atoms with Crippen LogP contribution in [0.1, 0.15) is 42.6 Å². The Bertz CT molecular complexity index is 1190. The van der Waals surface area contributed by atoms with Gasteiger partial charge in [-0.25, -0.2) is 19.7 Å². The molecule has 0 fully saturated rings. The van der Waals surface area contributed by atoms with Gasteiger partial charge in [0.15, 0.2) is 0 Å². The second kappa shape index (κ2) is 14.7. The number of ether oxygens (including phenoxy) is 1.